The number of rotatable bonds is 3. The number of hydrogen-bond acceptors (Lipinski definition) is 2. The number of carbonyl (C=O) groups excluding carboxylic acids is 1. The fraction of sp³-hybridized carbons (Fsp3) is 0.556. The number of carboxylic acid groups (broad SMARTS) is 1. The Morgan fingerprint density at radius 2 is 1.68 bits per heavy atom. The Balaban J connectivity index is 1.75. The van der Waals surface area contributed by atoms with Gasteiger partial charge in [0.25, 0.3) is 5.91 Å². The molecule has 4 heteroatoms. The lowest BCUT2D eigenvalue weighted by molar-refractivity contribution is -0.143. The molecule has 0 aromatic heterocycles. The third-order valence-corrected chi connectivity index (χ3v) is 5.25. The fourth-order valence-corrected chi connectivity index (χ4v) is 4.06. The molecule has 0 radical (unpaired) electrons. The van der Waals surface area contributed by atoms with Gasteiger partial charge >= 0.3 is 5.97 Å². The lowest BCUT2D eigenvalue weighted by Gasteiger charge is -2.29. The molecule has 1 amide bonds. The van der Waals surface area contributed by atoms with Crippen LogP contribution in [0.15, 0.2) is 30.3 Å². The van der Waals surface area contributed by atoms with Crippen molar-refractivity contribution in [2.45, 2.75) is 32.1 Å². The Morgan fingerprint density at radius 1 is 1.00 bits per heavy atom. The van der Waals surface area contributed by atoms with Crippen molar-refractivity contribution >= 4 is 11.9 Å². The van der Waals surface area contributed by atoms with E-state index in [0.717, 1.165) is 12.8 Å². The SMILES string of the molecule is O=C(O)[C@@H]1CN(C(=O)c2ccccc2)C[C@H]1C1CCCCC1. The smallest absolute Gasteiger partial charge is 0.308 e. The van der Waals surface area contributed by atoms with Gasteiger partial charge in [-0.3, -0.25) is 9.59 Å². The standard InChI is InChI=1S/C18H23NO3/c20-17(14-9-5-2-6-10-14)19-11-15(16(12-19)18(21)22)13-7-3-1-4-8-13/h2,5-6,9-10,13,15-16H,1,3-4,7-8,11-12H2,(H,21,22)/t15-,16+/m0/s1. The Morgan fingerprint density at radius 3 is 2.32 bits per heavy atom. The Labute approximate surface area is 131 Å². The summed E-state index contributed by atoms with van der Waals surface area (Å²) in [5, 5.41) is 9.55. The number of aliphatic carboxylic acids is 1. The third kappa shape index (κ3) is 3.01. The molecule has 2 aliphatic rings. The monoisotopic (exact) mass is 301 g/mol. The van der Waals surface area contributed by atoms with Gasteiger partial charge in [0.05, 0.1) is 5.92 Å². The van der Waals surface area contributed by atoms with Gasteiger partial charge in [-0.2, -0.15) is 0 Å². The number of hydrogen-bond donors (Lipinski definition) is 1. The predicted octanol–water partition coefficient (Wildman–Crippen LogP) is 3.04. The molecule has 22 heavy (non-hydrogen) atoms. The van der Waals surface area contributed by atoms with Gasteiger partial charge in [0, 0.05) is 18.7 Å². The summed E-state index contributed by atoms with van der Waals surface area (Å²) in [5.41, 5.74) is 0.649. The predicted molar refractivity (Wildman–Crippen MR) is 83.5 cm³/mol. The number of benzene rings is 1. The van der Waals surface area contributed by atoms with E-state index in [1.807, 2.05) is 18.2 Å². The lowest BCUT2D eigenvalue weighted by Crippen LogP contribution is -2.30. The van der Waals surface area contributed by atoms with Gasteiger partial charge in [0.15, 0.2) is 0 Å². The van der Waals surface area contributed by atoms with E-state index in [-0.39, 0.29) is 11.8 Å². The van der Waals surface area contributed by atoms with Crippen LogP contribution >= 0.6 is 0 Å². The molecule has 1 heterocycles. The zero-order valence-electron chi connectivity index (χ0n) is 12.8. The van der Waals surface area contributed by atoms with Crippen LogP contribution < -0.4 is 0 Å². The number of likely N-dealkylation sites (tertiary alicyclic amines) is 1. The van der Waals surface area contributed by atoms with Gasteiger partial charge in [-0.1, -0.05) is 50.3 Å². The minimum Gasteiger partial charge on any atom is -0.481 e. The Bertz CT molecular complexity index is 537. The van der Waals surface area contributed by atoms with Crippen LogP contribution in [0.2, 0.25) is 0 Å². The van der Waals surface area contributed by atoms with Crippen molar-refractivity contribution in [1.29, 1.82) is 0 Å². The van der Waals surface area contributed by atoms with Crippen LogP contribution in [0.5, 0.6) is 0 Å². The first-order chi connectivity index (χ1) is 10.7. The average Bonchev–Trinajstić information content (AvgIpc) is 3.01. The lowest BCUT2D eigenvalue weighted by atomic mass is 9.75. The van der Waals surface area contributed by atoms with Gasteiger partial charge in [-0.15, -0.1) is 0 Å². The number of carbonyl (C=O) groups is 2. The highest BCUT2D eigenvalue weighted by Crippen LogP contribution is 2.38. The number of amides is 1. The molecule has 1 aliphatic heterocycles. The maximum absolute atomic E-state index is 12.6. The van der Waals surface area contributed by atoms with Crippen LogP contribution in [-0.4, -0.2) is 35.0 Å². The van der Waals surface area contributed by atoms with Crippen LogP contribution in [0.25, 0.3) is 0 Å². The number of nitrogens with zero attached hydrogens (tertiary/aromatic N) is 1. The van der Waals surface area contributed by atoms with E-state index < -0.39 is 11.9 Å². The second-order valence-corrected chi connectivity index (χ2v) is 6.58. The summed E-state index contributed by atoms with van der Waals surface area (Å²) in [5.74, 6) is -0.617. The quantitative estimate of drug-likeness (QED) is 0.933. The van der Waals surface area contributed by atoms with Crippen LogP contribution in [0.1, 0.15) is 42.5 Å². The summed E-state index contributed by atoms with van der Waals surface area (Å²) in [6.07, 6.45) is 5.87. The van der Waals surface area contributed by atoms with Gasteiger partial charge in [0.1, 0.15) is 0 Å². The molecule has 4 nitrogen and oxygen atoms in total. The molecular formula is C18H23NO3. The molecule has 1 aromatic rings. The molecule has 118 valence electrons. The van der Waals surface area contributed by atoms with E-state index >= 15 is 0 Å². The zero-order chi connectivity index (χ0) is 15.5. The summed E-state index contributed by atoms with van der Waals surface area (Å²) in [6.45, 7) is 0.944. The topological polar surface area (TPSA) is 57.6 Å². The van der Waals surface area contributed by atoms with Gasteiger partial charge in [-0.25, -0.2) is 0 Å². The molecule has 3 rings (SSSR count). The summed E-state index contributed by atoms with van der Waals surface area (Å²) >= 11 is 0. The molecule has 1 saturated carbocycles. The largest absolute Gasteiger partial charge is 0.481 e. The molecule has 1 saturated heterocycles. The third-order valence-electron chi connectivity index (χ3n) is 5.25. The van der Waals surface area contributed by atoms with E-state index in [0.29, 0.717) is 24.6 Å². The summed E-state index contributed by atoms with van der Waals surface area (Å²) < 4.78 is 0. The average molecular weight is 301 g/mol. The minimum absolute atomic E-state index is 0.0369. The first-order valence-electron chi connectivity index (χ1n) is 8.24. The van der Waals surface area contributed by atoms with Crippen LogP contribution in [0.3, 0.4) is 0 Å². The molecule has 0 spiro atoms. The fourth-order valence-electron chi connectivity index (χ4n) is 4.06. The van der Waals surface area contributed by atoms with Crippen molar-refractivity contribution in [3.05, 3.63) is 35.9 Å². The maximum atomic E-state index is 12.6. The van der Waals surface area contributed by atoms with Crippen molar-refractivity contribution < 1.29 is 14.7 Å². The highest BCUT2D eigenvalue weighted by atomic mass is 16.4. The summed E-state index contributed by atoms with van der Waals surface area (Å²) in [6, 6.07) is 9.16. The Hall–Kier alpha value is -1.84. The van der Waals surface area contributed by atoms with Crippen molar-refractivity contribution in [3.63, 3.8) is 0 Å². The van der Waals surface area contributed by atoms with Crippen molar-refractivity contribution in [2.75, 3.05) is 13.1 Å². The van der Waals surface area contributed by atoms with Crippen molar-refractivity contribution in [2.24, 2.45) is 17.8 Å². The first-order valence-corrected chi connectivity index (χ1v) is 8.24. The highest BCUT2D eigenvalue weighted by molar-refractivity contribution is 5.94. The van der Waals surface area contributed by atoms with E-state index in [1.54, 1.807) is 17.0 Å². The van der Waals surface area contributed by atoms with E-state index in [1.165, 1.54) is 19.3 Å². The van der Waals surface area contributed by atoms with Crippen LogP contribution in [0, 0.1) is 17.8 Å². The van der Waals surface area contributed by atoms with Gasteiger partial charge < -0.3 is 10.0 Å². The number of carboxylic acids is 1. The highest BCUT2D eigenvalue weighted by Gasteiger charge is 2.43. The normalized spacial score (nSPS) is 26.1. The van der Waals surface area contributed by atoms with Crippen molar-refractivity contribution in [1.82, 2.24) is 4.90 Å². The molecule has 0 bridgehead atoms. The molecule has 1 aromatic carbocycles. The van der Waals surface area contributed by atoms with Crippen LogP contribution in [-0.2, 0) is 4.79 Å². The molecule has 1 aliphatic carbocycles. The first kappa shape index (κ1) is 15.1. The minimum atomic E-state index is -0.751. The van der Waals surface area contributed by atoms with Crippen LogP contribution in [0.4, 0.5) is 0 Å². The molecule has 2 atom stereocenters. The zero-order valence-corrected chi connectivity index (χ0v) is 12.8. The Kier molecular flexibility index (Phi) is 4.46. The second kappa shape index (κ2) is 6.51. The molecule has 0 unspecified atom stereocenters. The second-order valence-electron chi connectivity index (χ2n) is 6.58. The summed E-state index contributed by atoms with van der Waals surface area (Å²) in [4.78, 5) is 25.9. The van der Waals surface area contributed by atoms with E-state index in [2.05, 4.69) is 0 Å². The molecule has 1 N–H and O–H groups in total. The molecule has 2 fully saturated rings. The van der Waals surface area contributed by atoms with E-state index in [9.17, 15) is 14.7 Å². The van der Waals surface area contributed by atoms with Gasteiger partial charge in [0.2, 0.25) is 0 Å². The van der Waals surface area contributed by atoms with E-state index in [4.69, 9.17) is 0 Å². The van der Waals surface area contributed by atoms with Gasteiger partial charge in [-0.05, 0) is 24.0 Å². The maximum Gasteiger partial charge on any atom is 0.308 e. The summed E-state index contributed by atoms with van der Waals surface area (Å²) in [7, 11) is 0. The molecular weight excluding hydrogens is 278 g/mol. The van der Waals surface area contributed by atoms with Crippen molar-refractivity contribution in [3.8, 4) is 0 Å².